The lowest BCUT2D eigenvalue weighted by Gasteiger charge is -2.26. The third-order valence-corrected chi connectivity index (χ3v) is 4.08. The largest absolute Gasteiger partial charge is 0.324 e. The number of rotatable bonds is 1. The number of carbonyl (C=O) groups is 1. The van der Waals surface area contributed by atoms with E-state index in [0.717, 1.165) is 40.8 Å². The molecule has 0 fully saturated rings. The van der Waals surface area contributed by atoms with E-state index in [0.29, 0.717) is 0 Å². The van der Waals surface area contributed by atoms with E-state index in [9.17, 15) is 4.79 Å². The van der Waals surface area contributed by atoms with Crippen LogP contribution in [0.5, 0.6) is 0 Å². The van der Waals surface area contributed by atoms with Gasteiger partial charge in [-0.15, -0.1) is 11.3 Å². The van der Waals surface area contributed by atoms with Crippen LogP contribution < -0.4 is 5.32 Å². The maximum absolute atomic E-state index is 11.6. The fourth-order valence-electron chi connectivity index (χ4n) is 2.52. The first-order valence-electron chi connectivity index (χ1n) is 6.01. The number of amides is 1. The Balaban J connectivity index is 1.86. The predicted molar refractivity (Wildman–Crippen MR) is 72.4 cm³/mol. The minimum Gasteiger partial charge on any atom is -0.324 e. The van der Waals surface area contributed by atoms with E-state index < -0.39 is 0 Å². The molecule has 1 aromatic heterocycles. The van der Waals surface area contributed by atoms with Gasteiger partial charge in [-0.3, -0.25) is 4.79 Å². The summed E-state index contributed by atoms with van der Waals surface area (Å²) in [7, 11) is 0. The van der Waals surface area contributed by atoms with Gasteiger partial charge in [0.2, 0.25) is 5.91 Å². The summed E-state index contributed by atoms with van der Waals surface area (Å²) in [6.07, 6.45) is 7.78. The van der Waals surface area contributed by atoms with Crippen molar-refractivity contribution in [2.45, 2.75) is 6.42 Å². The minimum atomic E-state index is -0.0737. The zero-order chi connectivity index (χ0) is 12.8. The van der Waals surface area contributed by atoms with E-state index >= 15 is 0 Å². The summed E-state index contributed by atoms with van der Waals surface area (Å²) in [5.41, 5.74) is 3.01. The van der Waals surface area contributed by atoms with E-state index in [1.807, 2.05) is 17.7 Å². The molecule has 3 aliphatic rings. The van der Waals surface area contributed by atoms with Gasteiger partial charge in [-0.1, -0.05) is 0 Å². The third kappa shape index (κ3) is 1.57. The average molecular weight is 270 g/mol. The number of aliphatic imine (C=N–C) groups is 1. The van der Waals surface area contributed by atoms with Crippen LogP contribution in [-0.2, 0) is 4.79 Å². The molecule has 6 heteroatoms. The van der Waals surface area contributed by atoms with Crippen LogP contribution in [-0.4, -0.2) is 28.2 Å². The van der Waals surface area contributed by atoms with Crippen molar-refractivity contribution in [1.82, 2.24) is 15.2 Å². The van der Waals surface area contributed by atoms with Gasteiger partial charge in [-0.2, -0.15) is 0 Å². The molecule has 3 aliphatic heterocycles. The van der Waals surface area contributed by atoms with Gasteiger partial charge in [0, 0.05) is 48.1 Å². The van der Waals surface area contributed by atoms with Gasteiger partial charge in [-0.05, 0) is 6.08 Å². The van der Waals surface area contributed by atoms with Crippen molar-refractivity contribution in [3.8, 4) is 0 Å². The zero-order valence-electron chi connectivity index (χ0n) is 9.96. The second-order valence-electron chi connectivity index (χ2n) is 4.43. The molecule has 1 N–H and O–H groups in total. The van der Waals surface area contributed by atoms with E-state index in [1.54, 1.807) is 23.6 Å². The third-order valence-electron chi connectivity index (χ3n) is 3.31. The maximum atomic E-state index is 11.6. The Morgan fingerprint density at radius 2 is 2.32 bits per heavy atom. The Labute approximate surface area is 113 Å². The Morgan fingerprint density at radius 3 is 3.16 bits per heavy atom. The molecule has 94 valence electrons. The second kappa shape index (κ2) is 3.89. The van der Waals surface area contributed by atoms with Crippen molar-refractivity contribution in [3.63, 3.8) is 0 Å². The minimum absolute atomic E-state index is 0.0737. The highest BCUT2D eigenvalue weighted by molar-refractivity contribution is 7.11. The Kier molecular flexibility index (Phi) is 2.19. The maximum Gasteiger partial charge on any atom is 0.248 e. The quantitative estimate of drug-likeness (QED) is 0.839. The van der Waals surface area contributed by atoms with Crippen LogP contribution in [0.1, 0.15) is 11.4 Å². The highest BCUT2D eigenvalue weighted by Gasteiger charge is 2.33. The molecule has 5 nitrogen and oxygen atoms in total. The number of nitrogens with zero attached hydrogens (tertiary/aromatic N) is 3. The molecule has 0 spiro atoms. The lowest BCUT2D eigenvalue weighted by molar-refractivity contribution is -0.115. The van der Waals surface area contributed by atoms with Crippen LogP contribution in [0.15, 0.2) is 51.9 Å². The number of hydrogen-bond acceptors (Lipinski definition) is 5. The SMILES string of the molecule is O=C1C=CC2=CN=C(c3nccs3)N3CCC(=C23)N1. The van der Waals surface area contributed by atoms with Crippen molar-refractivity contribution >= 4 is 23.1 Å². The first-order valence-corrected chi connectivity index (χ1v) is 6.89. The summed E-state index contributed by atoms with van der Waals surface area (Å²) in [6.45, 7) is 0.828. The fourth-order valence-corrected chi connectivity index (χ4v) is 3.16. The standard InChI is InChI=1S/C13H10N4OS/c18-10-2-1-8-7-15-12(13-14-4-6-19-13)17-5-3-9(16-10)11(8)17/h1-2,4,6-7H,3,5H2,(H,16,18). The Hall–Kier alpha value is -2.21. The van der Waals surface area contributed by atoms with Crippen LogP contribution in [0.2, 0.25) is 0 Å². The van der Waals surface area contributed by atoms with Gasteiger partial charge in [0.1, 0.15) is 0 Å². The van der Waals surface area contributed by atoms with Crippen molar-refractivity contribution in [2.75, 3.05) is 6.54 Å². The molecule has 1 amide bonds. The fraction of sp³-hybridized carbons (Fsp3) is 0.154. The van der Waals surface area contributed by atoms with Crippen LogP contribution in [0.25, 0.3) is 0 Å². The number of amidine groups is 1. The van der Waals surface area contributed by atoms with Gasteiger partial charge in [0.15, 0.2) is 10.8 Å². The number of hydrogen-bond donors (Lipinski definition) is 1. The molecule has 0 saturated heterocycles. The molecule has 0 atom stereocenters. The molecule has 0 aromatic carbocycles. The van der Waals surface area contributed by atoms with Crippen LogP contribution >= 0.6 is 11.3 Å². The van der Waals surface area contributed by atoms with Crippen LogP contribution in [0.3, 0.4) is 0 Å². The van der Waals surface area contributed by atoms with E-state index in [2.05, 4.69) is 20.2 Å². The monoisotopic (exact) mass is 270 g/mol. The molecule has 4 heterocycles. The summed E-state index contributed by atoms with van der Waals surface area (Å²) in [5.74, 6) is 0.795. The molecule has 0 saturated carbocycles. The lowest BCUT2D eigenvalue weighted by atomic mass is 10.1. The summed E-state index contributed by atoms with van der Waals surface area (Å²) in [6, 6.07) is 0. The van der Waals surface area contributed by atoms with Gasteiger partial charge >= 0.3 is 0 Å². The van der Waals surface area contributed by atoms with Gasteiger partial charge in [0.25, 0.3) is 0 Å². The molecule has 0 radical (unpaired) electrons. The highest BCUT2D eigenvalue weighted by atomic mass is 32.1. The highest BCUT2D eigenvalue weighted by Crippen LogP contribution is 2.34. The smallest absolute Gasteiger partial charge is 0.248 e. The molecule has 0 aliphatic carbocycles. The molecule has 0 bridgehead atoms. The summed E-state index contributed by atoms with van der Waals surface area (Å²) >= 11 is 1.57. The normalized spacial score (nSPS) is 20.8. The first kappa shape index (κ1) is 10.7. The zero-order valence-corrected chi connectivity index (χ0v) is 10.8. The number of aromatic nitrogens is 1. The number of allylic oxidation sites excluding steroid dienone is 1. The van der Waals surface area contributed by atoms with Gasteiger partial charge < -0.3 is 10.2 Å². The summed E-state index contributed by atoms with van der Waals surface area (Å²) in [4.78, 5) is 22.6. The van der Waals surface area contributed by atoms with Crippen molar-refractivity contribution in [2.24, 2.45) is 4.99 Å². The number of carbonyl (C=O) groups excluding carboxylic acids is 1. The van der Waals surface area contributed by atoms with Crippen LogP contribution in [0, 0.1) is 0 Å². The van der Waals surface area contributed by atoms with Crippen molar-refractivity contribution < 1.29 is 4.79 Å². The molecule has 0 unspecified atom stereocenters. The lowest BCUT2D eigenvalue weighted by Crippen LogP contribution is -2.31. The first-order chi connectivity index (χ1) is 9.33. The Morgan fingerprint density at radius 1 is 1.37 bits per heavy atom. The molecular weight excluding hydrogens is 260 g/mol. The van der Waals surface area contributed by atoms with Gasteiger partial charge in [0.05, 0.1) is 5.70 Å². The number of nitrogens with one attached hydrogen (secondary N) is 1. The summed E-state index contributed by atoms with van der Waals surface area (Å²) in [5, 5.41) is 5.78. The van der Waals surface area contributed by atoms with Crippen molar-refractivity contribution in [3.05, 3.63) is 51.9 Å². The second-order valence-corrected chi connectivity index (χ2v) is 5.32. The number of thiazole rings is 1. The molecule has 1 aromatic rings. The molecule has 4 rings (SSSR count). The van der Waals surface area contributed by atoms with E-state index in [-0.39, 0.29) is 5.91 Å². The molecule has 19 heavy (non-hydrogen) atoms. The Bertz CT molecular complexity index is 682. The predicted octanol–water partition coefficient (Wildman–Crippen LogP) is 1.39. The molecular formula is C13H10N4OS. The topological polar surface area (TPSA) is 57.6 Å². The summed E-state index contributed by atoms with van der Waals surface area (Å²) < 4.78 is 0. The van der Waals surface area contributed by atoms with E-state index in [4.69, 9.17) is 0 Å². The van der Waals surface area contributed by atoms with Crippen LogP contribution in [0.4, 0.5) is 0 Å². The van der Waals surface area contributed by atoms with Crippen molar-refractivity contribution in [1.29, 1.82) is 0 Å². The average Bonchev–Trinajstić information content (AvgIpc) is 3.03. The van der Waals surface area contributed by atoms with E-state index in [1.165, 1.54) is 0 Å². The van der Waals surface area contributed by atoms with Gasteiger partial charge in [-0.25, -0.2) is 9.98 Å².